The number of rotatable bonds is 3. The Kier molecular flexibility index (Phi) is 4.53. The molecule has 0 amide bonds. The van der Waals surface area contributed by atoms with Gasteiger partial charge in [0, 0.05) is 27.5 Å². The van der Waals surface area contributed by atoms with Gasteiger partial charge in [0.2, 0.25) is 5.43 Å². The lowest BCUT2D eigenvalue weighted by Crippen LogP contribution is -2.43. The van der Waals surface area contributed by atoms with E-state index in [1.165, 1.54) is 32.1 Å². The van der Waals surface area contributed by atoms with E-state index in [2.05, 4.69) is 43.2 Å². The molecule has 1 heterocycles. The van der Waals surface area contributed by atoms with E-state index in [1.807, 2.05) is 6.07 Å². The van der Waals surface area contributed by atoms with Gasteiger partial charge in [-0.2, -0.15) is 0 Å². The van der Waals surface area contributed by atoms with Crippen molar-refractivity contribution in [2.75, 3.05) is 4.90 Å². The van der Waals surface area contributed by atoms with Crippen LogP contribution >= 0.6 is 11.3 Å². The van der Waals surface area contributed by atoms with Crippen molar-refractivity contribution in [2.24, 2.45) is 0 Å². The third-order valence-corrected chi connectivity index (χ3v) is 5.66. The van der Waals surface area contributed by atoms with Crippen LogP contribution in [0.25, 0.3) is 10.1 Å². The average molecular weight is 315 g/mol. The lowest BCUT2D eigenvalue weighted by atomic mass is 9.93. The van der Waals surface area contributed by atoms with Crippen LogP contribution in [0.3, 0.4) is 0 Å². The van der Waals surface area contributed by atoms with Crippen LogP contribution in [0, 0.1) is 6.92 Å². The molecule has 22 heavy (non-hydrogen) atoms. The van der Waals surface area contributed by atoms with Crippen molar-refractivity contribution in [1.82, 2.24) is 0 Å². The second kappa shape index (κ2) is 6.41. The first kappa shape index (κ1) is 15.5. The zero-order valence-electron chi connectivity index (χ0n) is 13.8. The Morgan fingerprint density at radius 2 is 1.91 bits per heavy atom. The molecule has 0 saturated heterocycles. The molecule has 3 rings (SSSR count). The van der Waals surface area contributed by atoms with Gasteiger partial charge >= 0.3 is 0 Å². The molecule has 1 saturated carbocycles. The molecule has 0 aliphatic heterocycles. The Morgan fingerprint density at radius 1 is 1.18 bits per heavy atom. The highest BCUT2D eigenvalue weighted by Gasteiger charge is 2.25. The minimum Gasteiger partial charge on any atom is -0.362 e. The van der Waals surface area contributed by atoms with Crippen molar-refractivity contribution in [3.63, 3.8) is 0 Å². The smallest absolute Gasteiger partial charge is 0.211 e. The van der Waals surface area contributed by atoms with Crippen LogP contribution < -0.4 is 10.3 Å². The molecule has 0 spiro atoms. The summed E-state index contributed by atoms with van der Waals surface area (Å²) >= 11 is 1.69. The fourth-order valence-electron chi connectivity index (χ4n) is 3.67. The maximum atomic E-state index is 13.0. The maximum Gasteiger partial charge on any atom is 0.211 e. The van der Waals surface area contributed by atoms with Gasteiger partial charge in [-0.05, 0) is 45.7 Å². The second-order valence-electron chi connectivity index (χ2n) is 6.74. The molecule has 1 aliphatic rings. The number of hydrogen-bond donors (Lipinski definition) is 0. The van der Waals surface area contributed by atoms with E-state index in [4.69, 9.17) is 0 Å². The first-order valence-corrected chi connectivity index (χ1v) is 9.26. The lowest BCUT2D eigenvalue weighted by Gasteiger charge is -2.38. The summed E-state index contributed by atoms with van der Waals surface area (Å²) in [5.41, 5.74) is 2.27. The van der Waals surface area contributed by atoms with E-state index in [9.17, 15) is 4.79 Å². The molecule has 1 aromatic carbocycles. The molecule has 1 aliphatic carbocycles. The molecule has 1 fully saturated rings. The normalized spacial score (nSPS) is 16.4. The van der Waals surface area contributed by atoms with E-state index in [-0.39, 0.29) is 5.43 Å². The minimum atomic E-state index is 0.205. The number of benzene rings is 1. The molecule has 0 atom stereocenters. The fraction of sp³-hybridized carbons (Fsp3) is 0.526. The summed E-state index contributed by atoms with van der Waals surface area (Å²) < 4.78 is 1.09. The van der Waals surface area contributed by atoms with Gasteiger partial charge in [-0.3, -0.25) is 4.79 Å². The van der Waals surface area contributed by atoms with E-state index >= 15 is 0 Å². The quantitative estimate of drug-likeness (QED) is 0.783. The Balaban J connectivity index is 2.09. The van der Waals surface area contributed by atoms with Crippen LogP contribution in [0.4, 0.5) is 5.69 Å². The van der Waals surface area contributed by atoms with Gasteiger partial charge in [0.1, 0.15) is 0 Å². The molecular formula is C19H25NOS. The van der Waals surface area contributed by atoms with E-state index in [0.29, 0.717) is 12.1 Å². The highest BCUT2D eigenvalue weighted by Crippen LogP contribution is 2.30. The summed E-state index contributed by atoms with van der Waals surface area (Å²) in [6, 6.07) is 7.08. The third kappa shape index (κ3) is 2.91. The molecule has 0 N–H and O–H groups in total. The molecule has 0 unspecified atom stereocenters. The summed E-state index contributed by atoms with van der Waals surface area (Å²) in [6.45, 7) is 6.47. The Morgan fingerprint density at radius 3 is 2.59 bits per heavy atom. The molecule has 3 heteroatoms. The van der Waals surface area contributed by atoms with Gasteiger partial charge in [0.05, 0.1) is 5.69 Å². The van der Waals surface area contributed by atoms with Crippen LogP contribution in [0.1, 0.15) is 51.5 Å². The molecule has 1 aromatic heterocycles. The van der Waals surface area contributed by atoms with Crippen LogP contribution in [0.15, 0.2) is 28.4 Å². The third-order valence-electron chi connectivity index (χ3n) is 4.71. The largest absolute Gasteiger partial charge is 0.362 e. The van der Waals surface area contributed by atoms with Crippen LogP contribution in [-0.4, -0.2) is 12.1 Å². The average Bonchev–Trinajstić information content (AvgIpc) is 2.51. The molecule has 2 nitrogen and oxygen atoms in total. The number of aryl methyl sites for hydroxylation is 1. The van der Waals surface area contributed by atoms with Crippen LogP contribution in [-0.2, 0) is 0 Å². The monoisotopic (exact) mass is 315 g/mol. The predicted molar refractivity (Wildman–Crippen MR) is 97.3 cm³/mol. The second-order valence-corrected chi connectivity index (χ2v) is 7.65. The zero-order valence-corrected chi connectivity index (χ0v) is 14.6. The van der Waals surface area contributed by atoms with Gasteiger partial charge in [-0.1, -0.05) is 30.9 Å². The van der Waals surface area contributed by atoms with Crippen molar-refractivity contribution in [3.8, 4) is 0 Å². The van der Waals surface area contributed by atoms with Crippen molar-refractivity contribution >= 4 is 27.1 Å². The highest BCUT2D eigenvalue weighted by molar-refractivity contribution is 7.16. The Bertz CT molecular complexity index is 713. The fourth-order valence-corrected chi connectivity index (χ4v) is 4.56. The van der Waals surface area contributed by atoms with Gasteiger partial charge in [-0.15, -0.1) is 11.3 Å². The standard InChI is InChI=1S/C19H25NOS/c1-13(2)20(15-7-5-4-6-8-15)17-12-22-18-10-9-14(3)11-16(18)19(17)21/h9-13,15H,4-8H2,1-3H3. The summed E-state index contributed by atoms with van der Waals surface area (Å²) in [5, 5.41) is 2.96. The van der Waals surface area contributed by atoms with Gasteiger partial charge in [0.25, 0.3) is 0 Å². The zero-order chi connectivity index (χ0) is 15.7. The first-order chi connectivity index (χ1) is 10.6. The van der Waals surface area contributed by atoms with E-state index in [1.54, 1.807) is 11.3 Å². The van der Waals surface area contributed by atoms with E-state index in [0.717, 1.165) is 21.3 Å². The first-order valence-electron chi connectivity index (χ1n) is 8.38. The minimum absolute atomic E-state index is 0.205. The summed E-state index contributed by atoms with van der Waals surface area (Å²) in [4.78, 5) is 15.4. The summed E-state index contributed by atoms with van der Waals surface area (Å²) in [5.74, 6) is 0. The number of fused-ring (bicyclic) bond motifs is 1. The van der Waals surface area contributed by atoms with Gasteiger partial charge < -0.3 is 4.90 Å². The number of anilines is 1. The lowest BCUT2D eigenvalue weighted by molar-refractivity contribution is 0.398. The van der Waals surface area contributed by atoms with Crippen molar-refractivity contribution in [2.45, 2.75) is 65.0 Å². The van der Waals surface area contributed by atoms with E-state index < -0.39 is 0 Å². The molecule has 0 bridgehead atoms. The highest BCUT2D eigenvalue weighted by atomic mass is 32.1. The van der Waals surface area contributed by atoms with Crippen molar-refractivity contribution in [3.05, 3.63) is 39.4 Å². The summed E-state index contributed by atoms with van der Waals surface area (Å²) in [6.07, 6.45) is 6.35. The van der Waals surface area contributed by atoms with Crippen molar-refractivity contribution < 1.29 is 0 Å². The maximum absolute atomic E-state index is 13.0. The van der Waals surface area contributed by atoms with Gasteiger partial charge in [-0.25, -0.2) is 0 Å². The topological polar surface area (TPSA) is 20.3 Å². The number of hydrogen-bond acceptors (Lipinski definition) is 3. The molecule has 2 aromatic rings. The van der Waals surface area contributed by atoms with Crippen LogP contribution in [0.2, 0.25) is 0 Å². The Labute approximate surface area is 136 Å². The SMILES string of the molecule is Cc1ccc2scc(N(C(C)C)C3CCCCC3)c(=O)c2c1. The predicted octanol–water partition coefficient (Wildman–Crippen LogP) is 5.12. The molecule has 0 radical (unpaired) electrons. The molecule has 118 valence electrons. The number of nitrogens with zero attached hydrogens (tertiary/aromatic N) is 1. The van der Waals surface area contributed by atoms with Crippen molar-refractivity contribution in [1.29, 1.82) is 0 Å². The summed E-state index contributed by atoms with van der Waals surface area (Å²) in [7, 11) is 0. The van der Waals surface area contributed by atoms with Crippen LogP contribution in [0.5, 0.6) is 0 Å². The molecular weight excluding hydrogens is 290 g/mol. The van der Waals surface area contributed by atoms with Gasteiger partial charge in [0.15, 0.2) is 0 Å². The Hall–Kier alpha value is -1.35.